The summed E-state index contributed by atoms with van der Waals surface area (Å²) in [5.41, 5.74) is -0.777. The lowest BCUT2D eigenvalue weighted by Gasteiger charge is -2.07. The molecule has 1 heterocycles. The van der Waals surface area contributed by atoms with Crippen molar-refractivity contribution in [2.45, 2.75) is 20.0 Å². The molecule has 15 heavy (non-hydrogen) atoms. The van der Waals surface area contributed by atoms with Crippen molar-refractivity contribution < 1.29 is 18.0 Å². The van der Waals surface area contributed by atoms with Gasteiger partial charge in [-0.05, 0) is 12.1 Å². The Balaban J connectivity index is 2.96. The molecule has 5 heteroatoms. The van der Waals surface area contributed by atoms with Gasteiger partial charge in [0.1, 0.15) is 5.69 Å². The maximum Gasteiger partial charge on any atom is 0.417 e. The summed E-state index contributed by atoms with van der Waals surface area (Å²) >= 11 is 0. The highest BCUT2D eigenvalue weighted by Crippen LogP contribution is 2.28. The molecule has 1 aromatic heterocycles. The molecule has 0 atom stereocenters. The zero-order chi connectivity index (χ0) is 11.6. The van der Waals surface area contributed by atoms with Gasteiger partial charge in [0.15, 0.2) is 5.78 Å². The van der Waals surface area contributed by atoms with E-state index in [1.807, 2.05) is 0 Å². The number of aromatic nitrogens is 1. The number of hydrogen-bond donors (Lipinski definition) is 0. The second-order valence-electron chi connectivity index (χ2n) is 3.45. The number of carbonyl (C=O) groups is 1. The number of nitrogens with zero attached hydrogens (tertiary/aromatic N) is 1. The van der Waals surface area contributed by atoms with E-state index < -0.39 is 11.7 Å². The molecule has 0 aliphatic rings. The minimum absolute atomic E-state index is 0.0676. The Labute approximate surface area is 85.1 Å². The third-order valence-electron chi connectivity index (χ3n) is 1.87. The molecule has 0 N–H and O–H groups in total. The lowest BCUT2D eigenvalue weighted by atomic mass is 10.1. The molecular formula is C10H10F3NO. The third-order valence-corrected chi connectivity index (χ3v) is 1.87. The highest BCUT2D eigenvalue weighted by Gasteiger charge is 2.30. The average Bonchev–Trinajstić information content (AvgIpc) is 2.15. The molecule has 0 saturated heterocycles. The van der Waals surface area contributed by atoms with E-state index >= 15 is 0 Å². The van der Waals surface area contributed by atoms with Crippen LogP contribution in [0.15, 0.2) is 18.3 Å². The fourth-order valence-electron chi connectivity index (χ4n) is 1.00. The van der Waals surface area contributed by atoms with Gasteiger partial charge in [-0.25, -0.2) is 0 Å². The molecule has 0 bridgehead atoms. The van der Waals surface area contributed by atoms with Crippen molar-refractivity contribution in [3.63, 3.8) is 0 Å². The van der Waals surface area contributed by atoms with Crippen LogP contribution in [0.4, 0.5) is 13.2 Å². The Morgan fingerprint density at radius 3 is 2.27 bits per heavy atom. The maximum absolute atomic E-state index is 12.2. The van der Waals surface area contributed by atoms with E-state index in [9.17, 15) is 18.0 Å². The van der Waals surface area contributed by atoms with E-state index in [0.717, 1.165) is 12.1 Å². The van der Waals surface area contributed by atoms with Gasteiger partial charge in [-0.2, -0.15) is 13.2 Å². The first-order valence-electron chi connectivity index (χ1n) is 4.40. The van der Waals surface area contributed by atoms with Gasteiger partial charge >= 0.3 is 6.18 Å². The fraction of sp³-hybridized carbons (Fsp3) is 0.400. The number of rotatable bonds is 2. The van der Waals surface area contributed by atoms with Crippen LogP contribution < -0.4 is 0 Å². The van der Waals surface area contributed by atoms with E-state index in [4.69, 9.17) is 0 Å². The molecule has 1 rings (SSSR count). The van der Waals surface area contributed by atoms with Gasteiger partial charge < -0.3 is 0 Å². The first-order valence-corrected chi connectivity index (χ1v) is 4.40. The number of ketones is 1. The van der Waals surface area contributed by atoms with Crippen molar-refractivity contribution in [2.75, 3.05) is 0 Å². The van der Waals surface area contributed by atoms with Crippen molar-refractivity contribution in [3.05, 3.63) is 29.6 Å². The second kappa shape index (κ2) is 4.00. The van der Waals surface area contributed by atoms with Crippen LogP contribution in [-0.4, -0.2) is 10.8 Å². The van der Waals surface area contributed by atoms with Crippen LogP contribution in [0.5, 0.6) is 0 Å². The van der Waals surface area contributed by atoms with E-state index in [0.29, 0.717) is 6.20 Å². The van der Waals surface area contributed by atoms with Crippen LogP contribution in [0.3, 0.4) is 0 Å². The standard InChI is InChI=1S/C10H10F3NO/c1-6(2)9(15)8-4-3-7(5-14-8)10(11,12)13/h3-6H,1-2H3. The Kier molecular flexibility index (Phi) is 3.12. The largest absolute Gasteiger partial charge is 0.417 e. The van der Waals surface area contributed by atoms with E-state index in [1.165, 1.54) is 0 Å². The highest BCUT2D eigenvalue weighted by atomic mass is 19.4. The highest BCUT2D eigenvalue weighted by molar-refractivity contribution is 5.95. The maximum atomic E-state index is 12.2. The summed E-state index contributed by atoms with van der Waals surface area (Å²) in [6.07, 6.45) is -3.73. The molecule has 82 valence electrons. The van der Waals surface area contributed by atoms with Crippen LogP contribution in [0.25, 0.3) is 0 Å². The first kappa shape index (κ1) is 11.7. The van der Waals surface area contributed by atoms with Gasteiger partial charge in [0.25, 0.3) is 0 Å². The number of hydrogen-bond acceptors (Lipinski definition) is 2. The summed E-state index contributed by atoms with van der Waals surface area (Å²) < 4.78 is 36.5. The minimum atomic E-state index is -4.41. The lowest BCUT2D eigenvalue weighted by Crippen LogP contribution is -2.11. The minimum Gasteiger partial charge on any atom is -0.292 e. The Bertz CT molecular complexity index is 354. The van der Waals surface area contributed by atoms with Gasteiger partial charge in [-0.15, -0.1) is 0 Å². The number of pyridine rings is 1. The van der Waals surface area contributed by atoms with E-state index in [1.54, 1.807) is 13.8 Å². The monoisotopic (exact) mass is 217 g/mol. The Hall–Kier alpha value is -1.39. The van der Waals surface area contributed by atoms with Crippen LogP contribution in [-0.2, 0) is 6.18 Å². The van der Waals surface area contributed by atoms with E-state index in [-0.39, 0.29) is 17.4 Å². The molecule has 0 aliphatic heterocycles. The van der Waals surface area contributed by atoms with E-state index in [2.05, 4.69) is 4.98 Å². The van der Waals surface area contributed by atoms with Crippen molar-refractivity contribution in [3.8, 4) is 0 Å². The molecule has 0 aliphatic carbocycles. The van der Waals surface area contributed by atoms with Gasteiger partial charge in [0, 0.05) is 12.1 Å². The van der Waals surface area contributed by atoms with Crippen molar-refractivity contribution in [1.29, 1.82) is 0 Å². The van der Waals surface area contributed by atoms with Gasteiger partial charge in [0.05, 0.1) is 5.56 Å². The third kappa shape index (κ3) is 2.78. The van der Waals surface area contributed by atoms with Crippen molar-refractivity contribution >= 4 is 5.78 Å². The molecular weight excluding hydrogens is 207 g/mol. The predicted octanol–water partition coefficient (Wildman–Crippen LogP) is 2.94. The smallest absolute Gasteiger partial charge is 0.292 e. The molecule has 2 nitrogen and oxygen atoms in total. The van der Waals surface area contributed by atoms with Gasteiger partial charge in [0.2, 0.25) is 0 Å². The zero-order valence-corrected chi connectivity index (χ0v) is 8.30. The summed E-state index contributed by atoms with van der Waals surface area (Å²) in [7, 11) is 0. The SMILES string of the molecule is CC(C)C(=O)c1ccc(C(F)(F)F)cn1. The molecule has 0 spiro atoms. The number of halogens is 3. The summed E-state index contributed by atoms with van der Waals surface area (Å²) in [6, 6.07) is 1.97. The number of alkyl halides is 3. The van der Waals surface area contributed by atoms with Gasteiger partial charge in [-0.1, -0.05) is 13.8 Å². The normalized spacial score (nSPS) is 11.9. The van der Waals surface area contributed by atoms with Gasteiger partial charge in [-0.3, -0.25) is 9.78 Å². The summed E-state index contributed by atoms with van der Waals surface area (Å²) in [5.74, 6) is -0.530. The molecule has 0 fully saturated rings. The Morgan fingerprint density at radius 1 is 1.33 bits per heavy atom. The molecule has 0 radical (unpaired) electrons. The number of Topliss-reactive ketones (excluding diaryl/α,β-unsaturated/α-hetero) is 1. The summed E-state index contributed by atoms with van der Waals surface area (Å²) in [6.45, 7) is 3.34. The molecule has 0 saturated carbocycles. The van der Waals surface area contributed by atoms with Crippen LogP contribution >= 0.6 is 0 Å². The predicted molar refractivity (Wildman–Crippen MR) is 48.4 cm³/mol. The fourth-order valence-corrected chi connectivity index (χ4v) is 1.00. The molecule has 0 amide bonds. The van der Waals surface area contributed by atoms with Crippen LogP contribution in [0.2, 0.25) is 0 Å². The average molecular weight is 217 g/mol. The zero-order valence-electron chi connectivity index (χ0n) is 8.30. The number of carbonyl (C=O) groups excluding carboxylic acids is 1. The quantitative estimate of drug-likeness (QED) is 0.713. The summed E-state index contributed by atoms with van der Waals surface area (Å²) in [4.78, 5) is 14.9. The summed E-state index contributed by atoms with van der Waals surface area (Å²) in [5, 5.41) is 0. The topological polar surface area (TPSA) is 30.0 Å². The van der Waals surface area contributed by atoms with Crippen LogP contribution in [0, 0.1) is 5.92 Å². The van der Waals surface area contributed by atoms with Crippen LogP contribution in [0.1, 0.15) is 29.9 Å². The molecule has 0 aromatic carbocycles. The van der Waals surface area contributed by atoms with Crippen molar-refractivity contribution in [1.82, 2.24) is 4.98 Å². The molecule has 0 unspecified atom stereocenters. The first-order chi connectivity index (χ1) is 6.82. The second-order valence-corrected chi connectivity index (χ2v) is 3.45. The van der Waals surface area contributed by atoms with Crippen molar-refractivity contribution in [2.24, 2.45) is 5.92 Å². The Morgan fingerprint density at radius 2 is 1.93 bits per heavy atom. The molecule has 1 aromatic rings. The lowest BCUT2D eigenvalue weighted by molar-refractivity contribution is -0.137.